The van der Waals surface area contributed by atoms with E-state index in [4.69, 9.17) is 0 Å². The van der Waals surface area contributed by atoms with Crippen LogP contribution in [0.2, 0.25) is 0 Å². The number of hydrogen-bond acceptors (Lipinski definition) is 4. The van der Waals surface area contributed by atoms with Crippen molar-refractivity contribution >= 4 is 35.0 Å². The highest BCUT2D eigenvalue weighted by Gasteiger charge is 2.37. The summed E-state index contributed by atoms with van der Waals surface area (Å²) >= 11 is 1.75. The number of fused-ring (bicyclic) bond motifs is 2. The van der Waals surface area contributed by atoms with Gasteiger partial charge in [0, 0.05) is 35.8 Å². The summed E-state index contributed by atoms with van der Waals surface area (Å²) in [6.45, 7) is 3.33. The maximum atomic E-state index is 12.7. The van der Waals surface area contributed by atoms with Crippen molar-refractivity contribution in [3.8, 4) is 0 Å². The van der Waals surface area contributed by atoms with Gasteiger partial charge >= 0.3 is 5.97 Å². The van der Waals surface area contributed by atoms with E-state index in [-0.39, 0.29) is 11.8 Å². The number of carbonyl (C=O) groups excluding carboxylic acids is 1. The topological polar surface area (TPSA) is 60.9 Å². The van der Waals surface area contributed by atoms with Crippen LogP contribution in [-0.2, 0) is 9.59 Å². The third kappa shape index (κ3) is 3.41. The van der Waals surface area contributed by atoms with E-state index < -0.39 is 11.9 Å². The highest BCUT2D eigenvalue weighted by Crippen LogP contribution is 2.47. The lowest BCUT2D eigenvalue weighted by molar-refractivity contribution is -0.142. The number of anilines is 2. The van der Waals surface area contributed by atoms with Gasteiger partial charge in [-0.15, -0.1) is 0 Å². The molecule has 0 unspecified atom stereocenters. The molecule has 2 atom stereocenters. The molecule has 2 aromatic rings. The molecule has 1 N–H and O–H groups in total. The van der Waals surface area contributed by atoms with Crippen molar-refractivity contribution in [2.75, 3.05) is 24.5 Å². The van der Waals surface area contributed by atoms with Gasteiger partial charge in [-0.05, 0) is 30.2 Å². The molecule has 2 aliphatic rings. The molecule has 4 rings (SSSR count). The quantitative estimate of drug-likeness (QED) is 0.870. The van der Waals surface area contributed by atoms with Crippen molar-refractivity contribution in [1.29, 1.82) is 0 Å². The molecular formula is C21H22N2O3S. The van der Waals surface area contributed by atoms with E-state index >= 15 is 0 Å². The van der Waals surface area contributed by atoms with Gasteiger partial charge in [0.2, 0.25) is 5.91 Å². The van der Waals surface area contributed by atoms with Gasteiger partial charge in [-0.1, -0.05) is 43.0 Å². The second-order valence-electron chi connectivity index (χ2n) is 7.16. The van der Waals surface area contributed by atoms with E-state index in [2.05, 4.69) is 29.2 Å². The zero-order chi connectivity index (χ0) is 19.0. The first-order valence-corrected chi connectivity index (χ1v) is 10.0. The van der Waals surface area contributed by atoms with E-state index in [0.29, 0.717) is 26.1 Å². The highest BCUT2D eigenvalue weighted by molar-refractivity contribution is 7.99. The zero-order valence-corrected chi connectivity index (χ0v) is 16.0. The van der Waals surface area contributed by atoms with Gasteiger partial charge in [0.05, 0.1) is 17.3 Å². The minimum Gasteiger partial charge on any atom is -0.481 e. The maximum Gasteiger partial charge on any atom is 0.308 e. The molecule has 0 aromatic heterocycles. The molecule has 0 spiro atoms. The van der Waals surface area contributed by atoms with E-state index in [1.54, 1.807) is 16.7 Å². The number of likely N-dealkylation sites (tertiary alicyclic amines) is 1. The molecule has 0 aliphatic carbocycles. The van der Waals surface area contributed by atoms with Crippen LogP contribution in [0, 0.1) is 11.8 Å². The summed E-state index contributed by atoms with van der Waals surface area (Å²) in [5.41, 5.74) is 2.24. The number of carbonyl (C=O) groups is 2. The van der Waals surface area contributed by atoms with Gasteiger partial charge < -0.3 is 14.9 Å². The number of amides is 1. The minimum atomic E-state index is -0.811. The van der Waals surface area contributed by atoms with Crippen molar-refractivity contribution in [3.05, 3.63) is 48.5 Å². The molecule has 2 aliphatic heterocycles. The molecule has 140 valence electrons. The second-order valence-corrected chi connectivity index (χ2v) is 8.24. The number of carboxylic acids is 1. The molecule has 5 nitrogen and oxygen atoms in total. The zero-order valence-electron chi connectivity index (χ0n) is 15.2. The largest absolute Gasteiger partial charge is 0.481 e. The van der Waals surface area contributed by atoms with Gasteiger partial charge in [-0.3, -0.25) is 9.59 Å². The normalized spacial score (nSPS) is 20.9. The van der Waals surface area contributed by atoms with Crippen LogP contribution < -0.4 is 4.90 Å². The van der Waals surface area contributed by atoms with Crippen LogP contribution in [0.15, 0.2) is 58.3 Å². The summed E-state index contributed by atoms with van der Waals surface area (Å²) in [5, 5.41) is 9.29. The van der Waals surface area contributed by atoms with Crippen LogP contribution >= 0.6 is 11.8 Å². The van der Waals surface area contributed by atoms with Crippen molar-refractivity contribution in [2.24, 2.45) is 11.8 Å². The lowest BCUT2D eigenvalue weighted by Gasteiger charge is -2.33. The van der Waals surface area contributed by atoms with Crippen molar-refractivity contribution in [1.82, 2.24) is 4.90 Å². The predicted molar refractivity (Wildman–Crippen MR) is 105 cm³/mol. The Labute approximate surface area is 163 Å². The first-order valence-electron chi connectivity index (χ1n) is 9.18. The molecule has 0 saturated carbocycles. The SMILES string of the molecule is C[C@@H]1CN(C(=O)CCN2c3ccccc3Sc3ccccc32)C[C@H]1C(=O)O. The van der Waals surface area contributed by atoms with E-state index in [1.807, 2.05) is 31.2 Å². The number of nitrogens with zero attached hydrogens (tertiary/aromatic N) is 2. The Morgan fingerprint density at radius 2 is 1.63 bits per heavy atom. The summed E-state index contributed by atoms with van der Waals surface area (Å²) < 4.78 is 0. The van der Waals surface area contributed by atoms with Crippen molar-refractivity contribution < 1.29 is 14.7 Å². The van der Waals surface area contributed by atoms with Crippen molar-refractivity contribution in [3.63, 3.8) is 0 Å². The third-order valence-corrected chi connectivity index (χ3v) is 6.49. The summed E-state index contributed by atoms with van der Waals surface area (Å²) in [6.07, 6.45) is 0.367. The van der Waals surface area contributed by atoms with Gasteiger partial charge in [0.15, 0.2) is 0 Å². The Morgan fingerprint density at radius 1 is 1.04 bits per heavy atom. The lowest BCUT2D eigenvalue weighted by Crippen LogP contribution is -2.33. The average molecular weight is 382 g/mol. The van der Waals surface area contributed by atoms with Gasteiger partial charge in [-0.2, -0.15) is 0 Å². The fourth-order valence-corrected chi connectivity index (χ4v) is 4.98. The number of carboxylic acid groups (broad SMARTS) is 1. The summed E-state index contributed by atoms with van der Waals surface area (Å²) in [5.74, 6) is -1.24. The van der Waals surface area contributed by atoms with E-state index in [0.717, 1.165) is 11.4 Å². The predicted octanol–water partition coefficient (Wildman–Crippen LogP) is 3.86. The Kier molecular flexibility index (Phi) is 4.83. The molecule has 6 heteroatoms. The molecule has 2 aromatic carbocycles. The molecule has 1 amide bonds. The maximum absolute atomic E-state index is 12.7. The lowest BCUT2D eigenvalue weighted by atomic mass is 9.99. The molecule has 27 heavy (non-hydrogen) atoms. The van der Waals surface area contributed by atoms with E-state index in [9.17, 15) is 14.7 Å². The summed E-state index contributed by atoms with van der Waals surface area (Å²) in [6, 6.07) is 16.5. The number of benzene rings is 2. The van der Waals surface area contributed by atoms with Crippen molar-refractivity contribution in [2.45, 2.75) is 23.1 Å². The first kappa shape index (κ1) is 17.9. The van der Waals surface area contributed by atoms with Crippen LogP contribution in [0.1, 0.15) is 13.3 Å². The van der Waals surface area contributed by atoms with Gasteiger partial charge in [0.1, 0.15) is 0 Å². The summed E-state index contributed by atoms with van der Waals surface area (Å²) in [4.78, 5) is 30.3. The van der Waals surface area contributed by atoms with Crippen LogP contribution in [0.25, 0.3) is 0 Å². The fraction of sp³-hybridized carbons (Fsp3) is 0.333. The summed E-state index contributed by atoms with van der Waals surface area (Å²) in [7, 11) is 0. The van der Waals surface area contributed by atoms with Crippen LogP contribution in [0.4, 0.5) is 11.4 Å². The third-order valence-electron chi connectivity index (χ3n) is 5.36. The smallest absolute Gasteiger partial charge is 0.308 e. The van der Waals surface area contributed by atoms with Crippen LogP contribution in [0.5, 0.6) is 0 Å². The van der Waals surface area contributed by atoms with Gasteiger partial charge in [-0.25, -0.2) is 0 Å². The van der Waals surface area contributed by atoms with Crippen LogP contribution in [-0.4, -0.2) is 41.5 Å². The van der Waals surface area contributed by atoms with Crippen LogP contribution in [0.3, 0.4) is 0 Å². The molecule has 1 fully saturated rings. The fourth-order valence-electron chi connectivity index (χ4n) is 3.88. The molecule has 0 radical (unpaired) electrons. The Bertz CT molecular complexity index is 840. The Morgan fingerprint density at radius 3 is 2.19 bits per heavy atom. The number of rotatable bonds is 4. The van der Waals surface area contributed by atoms with Gasteiger partial charge in [0.25, 0.3) is 0 Å². The Hall–Kier alpha value is -2.47. The Balaban J connectivity index is 1.50. The first-order chi connectivity index (χ1) is 13.0. The molecule has 1 saturated heterocycles. The second kappa shape index (κ2) is 7.27. The molecule has 0 bridgehead atoms. The number of hydrogen-bond donors (Lipinski definition) is 1. The minimum absolute atomic E-state index is 0.000659. The molecular weight excluding hydrogens is 360 g/mol. The number of aliphatic carboxylic acids is 1. The van der Waals surface area contributed by atoms with E-state index in [1.165, 1.54) is 9.79 Å². The monoisotopic (exact) mass is 382 g/mol. The standard InChI is InChI=1S/C21H22N2O3S/c1-14-12-22(13-15(14)21(25)26)20(24)10-11-23-16-6-2-4-8-18(16)27-19-9-5-3-7-17(19)23/h2-9,14-15H,10-13H2,1H3,(H,25,26)/t14-,15-/m1/s1. The number of para-hydroxylation sites is 2. The average Bonchev–Trinajstić information content (AvgIpc) is 3.07. The molecule has 2 heterocycles. The highest BCUT2D eigenvalue weighted by atomic mass is 32.2.